The molecule has 0 spiro atoms. The van der Waals surface area contributed by atoms with E-state index in [1.807, 2.05) is 67.6 Å². The number of nitrogens with zero attached hydrogens (tertiary/aromatic N) is 2. The summed E-state index contributed by atoms with van der Waals surface area (Å²) < 4.78 is 5.10. The minimum Gasteiger partial charge on any atom is -0.455 e. The van der Waals surface area contributed by atoms with Crippen LogP contribution in [0.2, 0.25) is 0 Å². The minimum atomic E-state index is -0.455. The van der Waals surface area contributed by atoms with E-state index in [9.17, 15) is 9.59 Å². The van der Waals surface area contributed by atoms with Crippen molar-refractivity contribution in [3.05, 3.63) is 65.7 Å². The van der Waals surface area contributed by atoms with Gasteiger partial charge in [0.25, 0.3) is 5.91 Å². The highest BCUT2D eigenvalue weighted by Crippen LogP contribution is 2.16. The Labute approximate surface area is 147 Å². The van der Waals surface area contributed by atoms with Gasteiger partial charge in [0.15, 0.2) is 6.61 Å². The fraction of sp³-hybridized carbons (Fsp3) is 0.250. The second kappa shape index (κ2) is 9.24. The van der Waals surface area contributed by atoms with E-state index in [1.54, 1.807) is 0 Å². The lowest BCUT2D eigenvalue weighted by atomic mass is 10.2. The molecule has 0 aliphatic carbocycles. The summed E-state index contributed by atoms with van der Waals surface area (Å²) in [5, 5.41) is 8.80. The van der Waals surface area contributed by atoms with E-state index in [4.69, 9.17) is 10.00 Å². The third-order valence-electron chi connectivity index (χ3n) is 3.64. The molecule has 0 unspecified atom stereocenters. The van der Waals surface area contributed by atoms with E-state index < -0.39 is 5.97 Å². The monoisotopic (exact) mass is 336 g/mol. The number of aryl methyl sites for hydroxylation is 1. The predicted octanol–water partition coefficient (Wildman–Crippen LogP) is 3.03. The van der Waals surface area contributed by atoms with Gasteiger partial charge in [-0.05, 0) is 24.6 Å². The first kappa shape index (κ1) is 18.2. The van der Waals surface area contributed by atoms with Gasteiger partial charge in [-0.3, -0.25) is 9.59 Å². The average Bonchev–Trinajstić information content (AvgIpc) is 2.62. The van der Waals surface area contributed by atoms with Crippen molar-refractivity contribution in [2.24, 2.45) is 0 Å². The summed E-state index contributed by atoms with van der Waals surface area (Å²) in [5.74, 6) is -0.802. The molecule has 0 saturated carbocycles. The first-order valence-corrected chi connectivity index (χ1v) is 8.03. The number of ether oxygens (including phenoxy) is 1. The molecule has 1 amide bonds. The van der Waals surface area contributed by atoms with Crippen molar-refractivity contribution in [2.75, 3.05) is 18.1 Å². The lowest BCUT2D eigenvalue weighted by molar-refractivity contribution is -0.147. The molecule has 0 aliphatic heterocycles. The molecule has 0 heterocycles. The van der Waals surface area contributed by atoms with Crippen LogP contribution in [0.1, 0.15) is 17.5 Å². The zero-order chi connectivity index (χ0) is 18.1. The number of amides is 1. The molecule has 0 aliphatic rings. The summed E-state index contributed by atoms with van der Waals surface area (Å²) in [6.07, 6.45) is 0.328. The first-order valence-electron chi connectivity index (χ1n) is 8.03. The highest BCUT2D eigenvalue weighted by atomic mass is 16.5. The van der Waals surface area contributed by atoms with Crippen LogP contribution in [0.3, 0.4) is 0 Å². The van der Waals surface area contributed by atoms with Crippen LogP contribution in [0.5, 0.6) is 0 Å². The van der Waals surface area contributed by atoms with Crippen LogP contribution in [-0.4, -0.2) is 25.0 Å². The Morgan fingerprint density at radius 2 is 1.76 bits per heavy atom. The highest BCUT2D eigenvalue weighted by molar-refractivity contribution is 5.95. The number of rotatable bonds is 7. The maximum absolute atomic E-state index is 12.4. The fourth-order valence-corrected chi connectivity index (χ4v) is 2.32. The van der Waals surface area contributed by atoms with E-state index in [2.05, 4.69) is 0 Å². The SMILES string of the molecule is Cc1ccc(N(CCC#N)C(=O)COC(=O)Cc2ccccc2)cc1. The summed E-state index contributed by atoms with van der Waals surface area (Å²) in [6, 6.07) is 18.7. The van der Waals surface area contributed by atoms with E-state index in [-0.39, 0.29) is 31.9 Å². The molecule has 2 rings (SSSR count). The number of benzene rings is 2. The van der Waals surface area contributed by atoms with Crippen LogP contribution in [0.15, 0.2) is 54.6 Å². The van der Waals surface area contributed by atoms with Crippen LogP contribution in [0.25, 0.3) is 0 Å². The van der Waals surface area contributed by atoms with Gasteiger partial charge in [0, 0.05) is 12.2 Å². The van der Waals surface area contributed by atoms with Gasteiger partial charge >= 0.3 is 5.97 Å². The quantitative estimate of drug-likeness (QED) is 0.729. The topological polar surface area (TPSA) is 70.4 Å². The third kappa shape index (κ3) is 5.78. The number of hydrogen-bond donors (Lipinski definition) is 0. The van der Waals surface area contributed by atoms with Crippen molar-refractivity contribution >= 4 is 17.6 Å². The highest BCUT2D eigenvalue weighted by Gasteiger charge is 2.17. The van der Waals surface area contributed by atoms with Crippen LogP contribution in [0.4, 0.5) is 5.69 Å². The Hall–Kier alpha value is -3.13. The van der Waals surface area contributed by atoms with Gasteiger partial charge in [-0.2, -0.15) is 5.26 Å². The number of anilines is 1. The largest absolute Gasteiger partial charge is 0.455 e. The van der Waals surface area contributed by atoms with Crippen LogP contribution in [-0.2, 0) is 20.7 Å². The molecule has 128 valence electrons. The number of hydrogen-bond acceptors (Lipinski definition) is 4. The number of carbonyl (C=O) groups excluding carboxylic acids is 2. The van der Waals surface area contributed by atoms with Gasteiger partial charge in [-0.25, -0.2) is 0 Å². The number of esters is 1. The van der Waals surface area contributed by atoms with Crippen molar-refractivity contribution in [1.82, 2.24) is 0 Å². The summed E-state index contributed by atoms with van der Waals surface area (Å²) in [4.78, 5) is 25.8. The number of carbonyl (C=O) groups is 2. The minimum absolute atomic E-state index is 0.122. The zero-order valence-electron chi connectivity index (χ0n) is 14.1. The smallest absolute Gasteiger partial charge is 0.310 e. The molecule has 0 radical (unpaired) electrons. The number of nitriles is 1. The Balaban J connectivity index is 1.95. The molecule has 0 saturated heterocycles. The van der Waals surface area contributed by atoms with Crippen LogP contribution < -0.4 is 4.90 Å². The maximum Gasteiger partial charge on any atom is 0.310 e. The normalized spacial score (nSPS) is 9.92. The molecule has 2 aromatic rings. The average molecular weight is 336 g/mol. The van der Waals surface area contributed by atoms with E-state index >= 15 is 0 Å². The van der Waals surface area contributed by atoms with Crippen LogP contribution >= 0.6 is 0 Å². The van der Waals surface area contributed by atoms with Crippen molar-refractivity contribution in [3.63, 3.8) is 0 Å². The Morgan fingerprint density at radius 1 is 1.08 bits per heavy atom. The van der Waals surface area contributed by atoms with Gasteiger partial charge in [0.1, 0.15) is 0 Å². The third-order valence-corrected chi connectivity index (χ3v) is 3.64. The van der Waals surface area contributed by atoms with E-state index in [1.165, 1.54) is 4.90 Å². The van der Waals surface area contributed by atoms with Gasteiger partial charge < -0.3 is 9.64 Å². The molecular formula is C20H20N2O3. The van der Waals surface area contributed by atoms with Crippen molar-refractivity contribution in [3.8, 4) is 6.07 Å². The molecule has 2 aromatic carbocycles. The van der Waals surface area contributed by atoms with Crippen LogP contribution in [0, 0.1) is 18.3 Å². The Morgan fingerprint density at radius 3 is 2.40 bits per heavy atom. The zero-order valence-corrected chi connectivity index (χ0v) is 14.1. The molecule has 0 bridgehead atoms. The molecule has 5 nitrogen and oxygen atoms in total. The molecule has 0 fully saturated rings. The van der Waals surface area contributed by atoms with E-state index in [0.717, 1.165) is 11.1 Å². The van der Waals surface area contributed by atoms with Gasteiger partial charge in [0.2, 0.25) is 0 Å². The lowest BCUT2D eigenvalue weighted by Gasteiger charge is -2.21. The lowest BCUT2D eigenvalue weighted by Crippen LogP contribution is -2.35. The summed E-state index contributed by atoms with van der Waals surface area (Å²) in [7, 11) is 0. The molecule has 5 heteroatoms. The van der Waals surface area contributed by atoms with Crippen molar-refractivity contribution < 1.29 is 14.3 Å². The van der Waals surface area contributed by atoms with Crippen molar-refractivity contribution in [2.45, 2.75) is 19.8 Å². The summed E-state index contributed by atoms with van der Waals surface area (Å²) in [6.45, 7) is 1.87. The van der Waals surface area contributed by atoms with Gasteiger partial charge in [-0.1, -0.05) is 48.0 Å². The second-order valence-corrected chi connectivity index (χ2v) is 5.61. The molecule has 25 heavy (non-hydrogen) atoms. The molecular weight excluding hydrogens is 316 g/mol. The summed E-state index contributed by atoms with van der Waals surface area (Å²) >= 11 is 0. The first-order chi connectivity index (χ1) is 12.1. The predicted molar refractivity (Wildman–Crippen MR) is 94.9 cm³/mol. The Kier molecular flexibility index (Phi) is 6.73. The van der Waals surface area contributed by atoms with E-state index in [0.29, 0.717) is 5.69 Å². The van der Waals surface area contributed by atoms with Crippen molar-refractivity contribution in [1.29, 1.82) is 5.26 Å². The Bertz CT molecular complexity index is 749. The van der Waals surface area contributed by atoms with Gasteiger partial charge in [0.05, 0.1) is 18.9 Å². The summed E-state index contributed by atoms with van der Waals surface area (Å²) in [5.41, 5.74) is 2.59. The standard InChI is InChI=1S/C20H20N2O3/c1-16-8-10-18(11-9-16)22(13-5-12-21)19(23)15-25-20(24)14-17-6-3-2-4-7-17/h2-4,6-11H,5,13-15H2,1H3. The maximum atomic E-state index is 12.4. The second-order valence-electron chi connectivity index (χ2n) is 5.61. The van der Waals surface area contributed by atoms with Gasteiger partial charge in [-0.15, -0.1) is 0 Å². The molecule has 0 N–H and O–H groups in total. The molecule has 0 aromatic heterocycles. The fourth-order valence-electron chi connectivity index (χ4n) is 2.32. The molecule has 0 atom stereocenters.